The summed E-state index contributed by atoms with van der Waals surface area (Å²) in [6, 6.07) is 32.2. The number of H-pyrrole nitrogens is 2. The van der Waals surface area contributed by atoms with Gasteiger partial charge in [0, 0.05) is 103 Å². The third-order valence-electron chi connectivity index (χ3n) is 7.46. The Labute approximate surface area is 372 Å². The van der Waals surface area contributed by atoms with Crippen molar-refractivity contribution in [3.63, 3.8) is 0 Å². The third-order valence-corrected chi connectivity index (χ3v) is 7.46. The second kappa shape index (κ2) is 19.7. The van der Waals surface area contributed by atoms with Gasteiger partial charge >= 0.3 is 37.3 Å². The zero-order chi connectivity index (χ0) is 44.2. The van der Waals surface area contributed by atoms with Crippen molar-refractivity contribution in [1.82, 2.24) is 39.9 Å². The first-order valence-electron chi connectivity index (χ1n) is 15.7. The Morgan fingerprint density at radius 3 is 0.689 bits per heavy atom. The molecule has 7 aromatic rings. The topological polar surface area (TPSA) is 326 Å². The molecule has 8 bridgehead atoms. The molecule has 6 N–H and O–H groups in total. The van der Waals surface area contributed by atoms with Gasteiger partial charge in [-0.3, -0.25) is 18.2 Å². The van der Waals surface area contributed by atoms with Crippen molar-refractivity contribution in [3.8, 4) is 45.6 Å². The largest absolute Gasteiger partial charge is 0.353 e. The zero-order valence-corrected chi connectivity index (χ0v) is 36.7. The van der Waals surface area contributed by atoms with Gasteiger partial charge in [-0.2, -0.15) is 33.7 Å². The van der Waals surface area contributed by atoms with E-state index in [9.17, 15) is 0 Å². The van der Waals surface area contributed by atoms with E-state index in [1.165, 1.54) is 0 Å². The zero-order valence-electron chi connectivity index (χ0n) is 29.4. The summed E-state index contributed by atoms with van der Waals surface area (Å²) >= 11 is 0. The van der Waals surface area contributed by atoms with Crippen LogP contribution < -0.4 is 0 Å². The molecule has 0 saturated heterocycles. The number of hydrogen-bond donors (Lipinski definition) is 6. The average Bonchev–Trinajstić information content (AvgIpc) is 3.85. The van der Waals surface area contributed by atoms with Crippen molar-refractivity contribution < 1.29 is 68.4 Å². The van der Waals surface area contributed by atoms with E-state index in [2.05, 4.69) is 52.7 Å². The normalized spacial score (nSPS) is 11.7. The van der Waals surface area contributed by atoms with Gasteiger partial charge in [-0.1, -0.05) is 97.1 Å². The van der Waals surface area contributed by atoms with E-state index in [0.717, 1.165) is 43.8 Å². The van der Waals surface area contributed by atoms with E-state index in [4.69, 9.17) is 81.8 Å². The van der Waals surface area contributed by atoms with Crippen LogP contribution in [0.5, 0.6) is 0 Å². The van der Waals surface area contributed by atoms with Crippen molar-refractivity contribution in [2.75, 3.05) is 0 Å². The van der Waals surface area contributed by atoms with Gasteiger partial charge in [-0.05, 0) is 0 Å². The number of aromatic amines is 2. The van der Waals surface area contributed by atoms with Gasteiger partial charge in [0.25, 0.3) is 0 Å². The van der Waals surface area contributed by atoms with Crippen LogP contribution in [0.4, 0.5) is 0 Å². The fraction of sp³-hybridized carbons (Fsp3) is 0. The van der Waals surface area contributed by atoms with Gasteiger partial charge < -0.3 is 9.97 Å². The molecule has 4 aromatic carbocycles. The van der Waals surface area contributed by atoms with E-state index >= 15 is 0 Å². The fourth-order valence-corrected chi connectivity index (χ4v) is 5.59. The maximum Gasteiger partial charge on any atom is 0.353 e. The van der Waals surface area contributed by atoms with Crippen LogP contribution in [0.15, 0.2) is 97.1 Å². The fourth-order valence-electron chi connectivity index (χ4n) is 5.59. The summed E-state index contributed by atoms with van der Waals surface area (Å²) in [5.74, 6) is 2.39. The molecule has 0 unspecified atom stereocenters. The van der Waals surface area contributed by atoms with Crippen LogP contribution in [0.1, 0.15) is 0 Å². The molecule has 0 aliphatic carbocycles. The minimum absolute atomic E-state index is 0. The predicted octanol–water partition coefficient (Wildman–Crippen LogP) is 6.98. The molecule has 324 valence electrons. The summed E-state index contributed by atoms with van der Waals surface area (Å²) < 4.78 is 101. The maximum absolute atomic E-state index is 8.95. The molecule has 0 fully saturated rings. The second-order valence-corrected chi connectivity index (χ2v) is 19.4. The van der Waals surface area contributed by atoms with E-state index in [1.54, 1.807) is 0 Å². The van der Waals surface area contributed by atoms with E-state index in [1.807, 2.05) is 97.1 Å². The molecule has 5 heterocycles. The number of aromatic nitrogens is 8. The number of nitrogens with one attached hydrogen (secondary N) is 2. The number of nitrogens with zero attached hydrogens (tertiary/aromatic N) is 6. The molecule has 20 nitrogen and oxygen atoms in total. The first kappa shape index (κ1) is 49.2. The standard InChI is InChI=1S/C32H18N8.4ClHO3S.Ni/c1-2-10-18-17(9-1)25-33-26(18)38-28-21-13-5-6-14-22(21)30(35-28)40-32-24-16-8-7-15-23(24)31(36-32)39-29-20-12-4-3-11-19(20)27(34-29)37-25;4*1-5(2,3)4;/h1-16H,(H2,33,34,35,36,37,38,39,40);4*(H,2,3,4);. The number of rotatable bonds is 0. The second-order valence-electron chi connectivity index (χ2n) is 11.4. The molecule has 29 heteroatoms. The Hall–Kier alpha value is -4.47. The molecule has 61 heavy (non-hydrogen) atoms. The Morgan fingerprint density at radius 1 is 0.344 bits per heavy atom. The average molecular weight is 1040 g/mol. The van der Waals surface area contributed by atoms with Crippen LogP contribution in [0.25, 0.3) is 89.7 Å². The predicted molar refractivity (Wildman–Crippen MR) is 226 cm³/mol. The Bertz CT molecular complexity index is 2950. The van der Waals surface area contributed by atoms with Crippen LogP contribution in [-0.2, 0) is 53.8 Å². The molecular weight excluding hydrogens is 1020 g/mol. The summed E-state index contributed by atoms with van der Waals surface area (Å²) in [4.78, 5) is 36.8. The first-order valence-corrected chi connectivity index (χ1v) is 24.7. The quantitative estimate of drug-likeness (QED) is 0.0507. The number of fused-ring (bicyclic) bond motifs is 20. The van der Waals surface area contributed by atoms with Crippen molar-refractivity contribution in [2.45, 2.75) is 0 Å². The smallest absolute Gasteiger partial charge is 0.324 e. The molecule has 2 aliphatic rings. The Balaban J connectivity index is 0.000000329. The van der Waals surface area contributed by atoms with Gasteiger partial charge in [0.15, 0.2) is 23.3 Å². The van der Waals surface area contributed by atoms with E-state index < -0.39 is 37.3 Å². The summed E-state index contributed by atoms with van der Waals surface area (Å²) in [6.07, 6.45) is 0. The Morgan fingerprint density at radius 2 is 0.508 bits per heavy atom. The number of hydrogen-bond acceptors (Lipinski definition) is 14. The van der Waals surface area contributed by atoms with Crippen molar-refractivity contribution in [3.05, 3.63) is 97.1 Å². The van der Waals surface area contributed by atoms with Crippen LogP contribution in [0.2, 0.25) is 0 Å². The molecule has 3 aromatic heterocycles. The van der Waals surface area contributed by atoms with Crippen molar-refractivity contribution in [2.24, 2.45) is 0 Å². The molecule has 0 amide bonds. The van der Waals surface area contributed by atoms with E-state index in [0.29, 0.717) is 45.9 Å². The Kier molecular flexibility index (Phi) is 15.9. The van der Waals surface area contributed by atoms with Gasteiger partial charge in [0.2, 0.25) is 0 Å². The van der Waals surface area contributed by atoms with Crippen LogP contribution in [0.3, 0.4) is 0 Å². The molecule has 0 saturated carbocycles. The maximum atomic E-state index is 8.95. The van der Waals surface area contributed by atoms with Crippen molar-refractivity contribution in [1.29, 1.82) is 0 Å². The molecule has 0 atom stereocenters. The minimum Gasteiger partial charge on any atom is -0.324 e. The molecule has 0 radical (unpaired) electrons. The molecular formula is C32H22Cl4N8NiO12S4. The summed E-state index contributed by atoms with van der Waals surface area (Å²) in [5.41, 5.74) is 6.45. The number of benzene rings is 4. The van der Waals surface area contributed by atoms with Gasteiger partial charge in [0.05, 0.1) is 0 Å². The minimum atomic E-state index is -4.19. The monoisotopic (exact) mass is 1040 g/mol. The summed E-state index contributed by atoms with van der Waals surface area (Å²) in [6.45, 7) is 0. The SMILES string of the molecule is O=S(=O)(O)Cl.O=S(=O)(O)Cl.O=S(=O)(O)Cl.O=S(=O)(O)Cl.[Ni].c1ccc2c(c1)-c1nc-2nc2[nH]c(nc3nc(nc4[nH]c(n1)c1ccccc41)-c1ccccc1-3)c1ccccc21. The van der Waals surface area contributed by atoms with Crippen LogP contribution >= 0.6 is 42.7 Å². The molecule has 2 aliphatic heterocycles. The van der Waals surface area contributed by atoms with Crippen molar-refractivity contribution >= 4 is 124 Å². The summed E-state index contributed by atoms with van der Waals surface area (Å²) in [7, 11) is -0.546. The first-order chi connectivity index (χ1) is 27.8. The number of halogens is 4. The third kappa shape index (κ3) is 14.8. The summed E-state index contributed by atoms with van der Waals surface area (Å²) in [5, 5.41) is 3.82. The van der Waals surface area contributed by atoms with Gasteiger partial charge in [-0.15, -0.1) is 0 Å². The van der Waals surface area contributed by atoms with Gasteiger partial charge in [-0.25, -0.2) is 29.9 Å². The van der Waals surface area contributed by atoms with Crippen LogP contribution in [0, 0.1) is 0 Å². The van der Waals surface area contributed by atoms with Gasteiger partial charge in [0.1, 0.15) is 22.6 Å². The van der Waals surface area contributed by atoms with E-state index in [-0.39, 0.29) is 16.5 Å². The molecule has 9 rings (SSSR count). The van der Waals surface area contributed by atoms with Crippen LogP contribution in [-0.4, -0.2) is 91.8 Å². The molecule has 0 spiro atoms.